The molecule has 0 bridgehead atoms. The summed E-state index contributed by atoms with van der Waals surface area (Å²) in [5.41, 5.74) is -1.31. The zero-order valence-corrected chi connectivity index (χ0v) is 27.9. The van der Waals surface area contributed by atoms with Crippen molar-refractivity contribution in [2.75, 3.05) is 27.4 Å². The Hall–Kier alpha value is -5.95. The number of aryl methyl sites for hydroxylation is 1. The predicted molar refractivity (Wildman–Crippen MR) is 180 cm³/mol. The van der Waals surface area contributed by atoms with Crippen molar-refractivity contribution in [2.24, 2.45) is 0 Å². The maximum absolute atomic E-state index is 12.8. The van der Waals surface area contributed by atoms with Crippen LogP contribution in [0.4, 0.5) is 32.0 Å². The summed E-state index contributed by atoms with van der Waals surface area (Å²) < 4.78 is 89.5. The lowest BCUT2D eigenvalue weighted by atomic mass is 10.1. The molecule has 0 spiro atoms. The molecular weight excluding hydrogens is 698 g/mol. The minimum absolute atomic E-state index is 0.00519. The van der Waals surface area contributed by atoms with Gasteiger partial charge in [-0.1, -0.05) is 12.1 Å². The lowest BCUT2D eigenvalue weighted by Gasteiger charge is -2.08. The van der Waals surface area contributed by atoms with Crippen LogP contribution in [0.2, 0.25) is 0 Å². The van der Waals surface area contributed by atoms with Gasteiger partial charge in [0, 0.05) is 13.2 Å². The van der Waals surface area contributed by atoms with E-state index in [0.29, 0.717) is 28.8 Å². The van der Waals surface area contributed by atoms with E-state index in [2.05, 4.69) is 19.8 Å². The number of aromatic amines is 1. The Morgan fingerprint density at radius 2 is 1.35 bits per heavy atom. The average molecular weight is 731 g/mol. The number of nitrogens with zero attached hydrogens (tertiary/aromatic N) is 3. The summed E-state index contributed by atoms with van der Waals surface area (Å²) >= 11 is 0. The number of methoxy groups -OCH3 is 2. The first-order valence-corrected chi connectivity index (χ1v) is 15.2. The third kappa shape index (κ3) is 11.8. The third-order valence-corrected chi connectivity index (χ3v) is 7.03. The largest absolute Gasteiger partial charge is 0.497 e. The summed E-state index contributed by atoms with van der Waals surface area (Å²) in [6.07, 6.45) is -6.54. The fraction of sp³-hybridized carbons (Fsp3) is 0.250. The Labute approximate surface area is 293 Å². The third-order valence-electron chi connectivity index (χ3n) is 7.03. The number of fused-ring (bicyclic) bond motifs is 1. The van der Waals surface area contributed by atoms with Gasteiger partial charge in [0.1, 0.15) is 22.9 Å². The number of aromatic nitrogens is 3. The molecule has 10 nitrogen and oxygen atoms in total. The van der Waals surface area contributed by atoms with E-state index < -0.39 is 35.3 Å². The molecule has 274 valence electrons. The van der Waals surface area contributed by atoms with Gasteiger partial charge in [-0.15, -0.1) is 0 Å². The van der Waals surface area contributed by atoms with Crippen molar-refractivity contribution >= 4 is 22.6 Å². The summed E-state index contributed by atoms with van der Waals surface area (Å²) in [6, 6.07) is 18.7. The second-order valence-electron chi connectivity index (χ2n) is 10.6. The van der Waals surface area contributed by atoms with Crippen molar-refractivity contribution in [1.82, 2.24) is 15.0 Å². The summed E-state index contributed by atoms with van der Waals surface area (Å²) in [4.78, 5) is 35.1. The van der Waals surface area contributed by atoms with Crippen LogP contribution in [0.1, 0.15) is 40.3 Å². The predicted octanol–water partition coefficient (Wildman–Crippen LogP) is 8.77. The first-order chi connectivity index (χ1) is 24.6. The van der Waals surface area contributed by atoms with Gasteiger partial charge in [0.2, 0.25) is 0 Å². The van der Waals surface area contributed by atoms with Crippen LogP contribution in [0, 0.1) is 13.5 Å². The van der Waals surface area contributed by atoms with Crippen molar-refractivity contribution < 1.29 is 50.5 Å². The minimum atomic E-state index is -4.56. The second kappa shape index (κ2) is 18.3. The standard InChI is InChI=1S/C16H11F3N2O2.C8H6F3NO2.C8H7NO.C4H8O/c1-23-10-4-2-9(3-5-10)12-8-13-11(15(22)21-12)6-7-14(20-13)16(17,18)19;1-4-5(7(13)14)2-3-6(12-4)8(9,10)11;1-9-7-3-5-8(10-2)6-4-7;1-2-4-5-3-1/h2-8H,1H3,(H,21,22);2-3H,1H3,(H,13,14);3-6H,2H3;1-4H2. The first-order valence-electron chi connectivity index (χ1n) is 15.2. The maximum Gasteiger partial charge on any atom is 0.433 e. The lowest BCUT2D eigenvalue weighted by Crippen LogP contribution is -2.12. The molecule has 0 unspecified atom stereocenters. The summed E-state index contributed by atoms with van der Waals surface area (Å²) in [5, 5.41) is 8.64. The van der Waals surface area contributed by atoms with Crippen molar-refractivity contribution in [3.8, 4) is 22.8 Å². The van der Waals surface area contributed by atoms with Crippen LogP contribution < -0.4 is 15.0 Å². The molecule has 0 atom stereocenters. The van der Waals surface area contributed by atoms with Crippen molar-refractivity contribution in [3.63, 3.8) is 0 Å². The van der Waals surface area contributed by atoms with Gasteiger partial charge in [0.15, 0.2) is 5.69 Å². The molecule has 16 heteroatoms. The highest BCUT2D eigenvalue weighted by atomic mass is 19.4. The molecular formula is C36H32F6N4O6. The first kappa shape index (κ1) is 40.5. The molecule has 6 rings (SSSR count). The maximum atomic E-state index is 12.8. The molecule has 52 heavy (non-hydrogen) atoms. The summed E-state index contributed by atoms with van der Waals surface area (Å²) in [7, 11) is 3.13. The average Bonchev–Trinajstić information content (AvgIpc) is 3.72. The normalized spacial score (nSPS) is 12.2. The van der Waals surface area contributed by atoms with Gasteiger partial charge in [0.25, 0.3) is 5.56 Å². The van der Waals surface area contributed by atoms with E-state index in [1.165, 1.54) is 32.9 Å². The molecule has 0 saturated carbocycles. The quantitative estimate of drug-likeness (QED) is 0.139. The van der Waals surface area contributed by atoms with E-state index in [4.69, 9.17) is 25.9 Å². The molecule has 1 saturated heterocycles. The van der Waals surface area contributed by atoms with Crippen molar-refractivity contribution in [1.29, 1.82) is 0 Å². The zero-order valence-electron chi connectivity index (χ0n) is 27.9. The van der Waals surface area contributed by atoms with Crippen molar-refractivity contribution in [2.45, 2.75) is 32.1 Å². The van der Waals surface area contributed by atoms with Crippen LogP contribution in [0.3, 0.4) is 0 Å². The number of carbonyl (C=O) groups is 1. The Morgan fingerprint density at radius 3 is 1.79 bits per heavy atom. The molecule has 2 aromatic carbocycles. The van der Waals surface area contributed by atoms with Crippen LogP contribution in [-0.2, 0) is 17.1 Å². The molecule has 0 amide bonds. The molecule has 0 aliphatic carbocycles. The number of ether oxygens (including phenoxy) is 3. The number of rotatable bonds is 4. The van der Waals surface area contributed by atoms with E-state index in [1.807, 2.05) is 0 Å². The number of benzene rings is 2. The Bertz CT molecular complexity index is 2030. The molecule has 1 aliphatic heterocycles. The Kier molecular flexibility index (Phi) is 14.3. The molecule has 4 heterocycles. The number of hydrogen-bond donors (Lipinski definition) is 2. The van der Waals surface area contributed by atoms with E-state index in [9.17, 15) is 35.9 Å². The second-order valence-corrected chi connectivity index (χ2v) is 10.6. The monoisotopic (exact) mass is 730 g/mol. The van der Waals surface area contributed by atoms with Gasteiger partial charge in [-0.3, -0.25) is 4.79 Å². The molecule has 1 aliphatic rings. The summed E-state index contributed by atoms with van der Waals surface area (Å²) in [6.45, 7) is 9.88. The molecule has 0 radical (unpaired) electrons. The van der Waals surface area contributed by atoms with Gasteiger partial charge in [0.05, 0.1) is 48.6 Å². The van der Waals surface area contributed by atoms with Gasteiger partial charge in [-0.25, -0.2) is 19.6 Å². The van der Waals surface area contributed by atoms with Crippen LogP contribution >= 0.6 is 0 Å². The highest BCUT2D eigenvalue weighted by Gasteiger charge is 2.33. The zero-order chi connectivity index (χ0) is 38.5. The lowest BCUT2D eigenvalue weighted by molar-refractivity contribution is -0.141. The molecule has 2 N–H and O–H groups in total. The summed E-state index contributed by atoms with van der Waals surface area (Å²) in [5.74, 6) is 0.130. The van der Waals surface area contributed by atoms with E-state index in [0.717, 1.165) is 37.2 Å². The number of carboxylic acids is 1. The number of pyridine rings is 3. The van der Waals surface area contributed by atoms with Gasteiger partial charge < -0.3 is 24.3 Å². The molecule has 3 aromatic heterocycles. The number of alkyl halides is 6. The topological polar surface area (TPSA) is 128 Å². The number of nitrogens with one attached hydrogen (secondary N) is 1. The van der Waals surface area contributed by atoms with E-state index >= 15 is 0 Å². The highest BCUT2D eigenvalue weighted by Crippen LogP contribution is 2.30. The van der Waals surface area contributed by atoms with E-state index in [1.54, 1.807) is 55.6 Å². The van der Waals surface area contributed by atoms with Crippen LogP contribution in [0.15, 0.2) is 83.7 Å². The fourth-order valence-corrected chi connectivity index (χ4v) is 4.34. The molecule has 5 aromatic rings. The Morgan fingerprint density at radius 1 is 0.827 bits per heavy atom. The van der Waals surface area contributed by atoms with Crippen LogP contribution in [-0.4, -0.2) is 53.5 Å². The number of halogens is 6. The smallest absolute Gasteiger partial charge is 0.433 e. The Balaban J connectivity index is 0.000000213. The number of carboxylic acid groups (broad SMARTS) is 1. The van der Waals surface area contributed by atoms with E-state index in [-0.39, 0.29) is 22.2 Å². The van der Waals surface area contributed by atoms with Crippen LogP contribution in [0.25, 0.3) is 27.0 Å². The number of hydrogen-bond acceptors (Lipinski definition) is 7. The van der Waals surface area contributed by atoms with Gasteiger partial charge >= 0.3 is 18.3 Å². The SMILES string of the molecule is C1CCOC1.COc1ccc(-c2cc3nc(C(F)(F)F)ccc3c(=O)[nH]2)cc1.Cc1nc(C(F)(F)F)ccc1C(=O)O.[C-]#[N+]c1ccc(OC)cc1. The van der Waals surface area contributed by atoms with Crippen LogP contribution in [0.5, 0.6) is 11.5 Å². The fourth-order valence-electron chi connectivity index (χ4n) is 4.34. The number of H-pyrrole nitrogens is 1. The minimum Gasteiger partial charge on any atom is -0.497 e. The molecule has 1 fully saturated rings. The van der Waals surface area contributed by atoms with Crippen molar-refractivity contribution in [3.05, 3.63) is 123 Å². The number of aromatic carboxylic acids is 1. The highest BCUT2D eigenvalue weighted by molar-refractivity contribution is 5.88. The van der Waals surface area contributed by atoms with Gasteiger partial charge in [-0.05, 0) is 92.1 Å². The van der Waals surface area contributed by atoms with Gasteiger partial charge in [-0.2, -0.15) is 26.3 Å².